The second-order valence-electron chi connectivity index (χ2n) is 10.7. The molecule has 5 atom stereocenters. The summed E-state index contributed by atoms with van der Waals surface area (Å²) >= 11 is 0. The zero-order valence-electron chi connectivity index (χ0n) is 22.7. The van der Waals surface area contributed by atoms with Gasteiger partial charge in [0.05, 0.1) is 25.4 Å². The van der Waals surface area contributed by atoms with Gasteiger partial charge in [-0.3, -0.25) is 0 Å². The van der Waals surface area contributed by atoms with Crippen molar-refractivity contribution in [1.29, 1.82) is 0 Å². The molecule has 5 unspecified atom stereocenters. The van der Waals surface area contributed by atoms with E-state index in [-0.39, 0.29) is 11.9 Å². The average Bonchev–Trinajstić information content (AvgIpc) is 3.09. The maximum absolute atomic E-state index is 13.3. The number of hydrogen-bond acceptors (Lipinski definition) is 7. The van der Waals surface area contributed by atoms with E-state index in [2.05, 4.69) is 0 Å². The Bertz CT molecular complexity index is 1060. The third kappa shape index (κ3) is 5.03. The lowest BCUT2D eigenvalue weighted by Gasteiger charge is -2.45. The summed E-state index contributed by atoms with van der Waals surface area (Å²) in [4.78, 5) is 26.1. The van der Waals surface area contributed by atoms with Gasteiger partial charge in [-0.05, 0) is 63.8 Å². The Balaban J connectivity index is 2.01. The number of fused-ring (bicyclic) bond motifs is 1. The van der Waals surface area contributed by atoms with Crippen molar-refractivity contribution in [2.75, 3.05) is 14.2 Å². The van der Waals surface area contributed by atoms with Crippen molar-refractivity contribution in [2.24, 2.45) is 17.3 Å². The van der Waals surface area contributed by atoms with Crippen molar-refractivity contribution >= 4 is 11.9 Å². The van der Waals surface area contributed by atoms with Crippen LogP contribution in [-0.4, -0.2) is 49.1 Å². The molecule has 0 amide bonds. The minimum Gasteiger partial charge on any atom is -0.493 e. The van der Waals surface area contributed by atoms with Crippen LogP contribution < -0.4 is 9.47 Å². The summed E-state index contributed by atoms with van der Waals surface area (Å²) in [5, 5.41) is 11.9. The van der Waals surface area contributed by atoms with Gasteiger partial charge in [0.25, 0.3) is 0 Å². The lowest BCUT2D eigenvalue weighted by atomic mass is 9.66. The maximum Gasteiger partial charge on any atom is 0.338 e. The van der Waals surface area contributed by atoms with Crippen LogP contribution in [0.3, 0.4) is 0 Å². The molecule has 3 rings (SSSR count). The van der Waals surface area contributed by atoms with Gasteiger partial charge in [0.1, 0.15) is 12.2 Å². The van der Waals surface area contributed by atoms with Gasteiger partial charge >= 0.3 is 11.9 Å². The fourth-order valence-corrected chi connectivity index (χ4v) is 5.79. The third-order valence-electron chi connectivity index (χ3n) is 8.16. The van der Waals surface area contributed by atoms with Crippen molar-refractivity contribution in [3.63, 3.8) is 0 Å². The number of hydrogen-bond donors (Lipinski definition) is 1. The van der Waals surface area contributed by atoms with E-state index in [1.807, 2.05) is 33.8 Å². The number of esters is 2. The second-order valence-corrected chi connectivity index (χ2v) is 10.7. The van der Waals surface area contributed by atoms with Crippen LogP contribution in [0.1, 0.15) is 71.2 Å². The number of benzene rings is 1. The number of methoxy groups -OCH3 is 2. The summed E-state index contributed by atoms with van der Waals surface area (Å²) in [6, 6.07) is 4.89. The zero-order chi connectivity index (χ0) is 26.8. The molecule has 0 aliphatic heterocycles. The number of carbonyl (C=O) groups excluding carboxylic acids is 2. The third-order valence-corrected chi connectivity index (χ3v) is 8.16. The molecule has 36 heavy (non-hydrogen) atoms. The molecule has 0 radical (unpaired) electrons. The van der Waals surface area contributed by atoms with Crippen LogP contribution in [-0.2, 0) is 14.3 Å². The molecule has 7 heteroatoms. The highest BCUT2D eigenvalue weighted by atomic mass is 16.6. The SMILES string of the molecule is CC=C(C)C(=O)OC1C=C(C)CC(OC(=O)c2ccc(OC)c(OC)c2)C2C1(C)CCC2(O)C(C)C. The van der Waals surface area contributed by atoms with Crippen molar-refractivity contribution in [3.05, 3.63) is 47.1 Å². The molecule has 1 aromatic rings. The molecule has 0 bridgehead atoms. The fourth-order valence-electron chi connectivity index (χ4n) is 5.79. The normalized spacial score (nSPS) is 30.2. The first-order valence-electron chi connectivity index (χ1n) is 12.6. The molecule has 198 valence electrons. The highest BCUT2D eigenvalue weighted by molar-refractivity contribution is 5.90. The number of ether oxygens (including phenoxy) is 4. The van der Waals surface area contributed by atoms with Crippen LogP contribution in [0.5, 0.6) is 11.5 Å². The Morgan fingerprint density at radius 3 is 2.36 bits per heavy atom. The van der Waals surface area contributed by atoms with Crippen LogP contribution in [0.25, 0.3) is 0 Å². The lowest BCUT2D eigenvalue weighted by molar-refractivity contribution is -0.159. The second kappa shape index (κ2) is 10.7. The van der Waals surface area contributed by atoms with Gasteiger partial charge in [0.2, 0.25) is 0 Å². The molecular weight excluding hydrogens is 460 g/mol. The van der Waals surface area contributed by atoms with Gasteiger partial charge < -0.3 is 24.1 Å². The fraction of sp³-hybridized carbons (Fsp3) is 0.586. The lowest BCUT2D eigenvalue weighted by Crippen LogP contribution is -2.53. The molecule has 0 heterocycles. The zero-order valence-corrected chi connectivity index (χ0v) is 22.7. The summed E-state index contributed by atoms with van der Waals surface area (Å²) in [5.74, 6) is -0.465. The number of aliphatic hydroxyl groups is 1. The first kappa shape index (κ1) is 27.8. The standard InChI is InChI=1S/C29H40O7/c1-9-19(5)26(30)36-24-15-18(4)14-23(25-28(24,6)12-13-29(25,32)17(2)3)35-27(31)20-10-11-21(33-7)22(16-20)34-8/h9-11,15-17,23-25,32H,12-14H2,1-8H3. The van der Waals surface area contributed by atoms with E-state index in [1.54, 1.807) is 38.1 Å². The largest absolute Gasteiger partial charge is 0.493 e. The molecule has 0 saturated heterocycles. The number of carbonyl (C=O) groups is 2. The molecule has 0 aromatic heterocycles. The minimum absolute atomic E-state index is 0.0846. The Kier molecular flexibility index (Phi) is 8.23. The molecule has 1 fully saturated rings. The van der Waals surface area contributed by atoms with Crippen LogP contribution in [0.2, 0.25) is 0 Å². The number of allylic oxidation sites excluding steroid dienone is 1. The molecule has 2 aliphatic carbocycles. The van der Waals surface area contributed by atoms with E-state index in [4.69, 9.17) is 18.9 Å². The Labute approximate surface area is 214 Å². The maximum atomic E-state index is 13.3. The highest BCUT2D eigenvalue weighted by Gasteiger charge is 2.63. The molecule has 1 saturated carbocycles. The minimum atomic E-state index is -1.09. The van der Waals surface area contributed by atoms with E-state index in [9.17, 15) is 14.7 Å². The van der Waals surface area contributed by atoms with Crippen molar-refractivity contribution in [2.45, 2.75) is 78.6 Å². The molecule has 2 aliphatic rings. The highest BCUT2D eigenvalue weighted by Crippen LogP contribution is 2.58. The van der Waals surface area contributed by atoms with E-state index < -0.39 is 35.1 Å². The first-order chi connectivity index (χ1) is 16.9. The first-order valence-corrected chi connectivity index (χ1v) is 12.6. The summed E-state index contributed by atoms with van der Waals surface area (Å²) < 4.78 is 22.8. The van der Waals surface area contributed by atoms with Gasteiger partial charge in [-0.15, -0.1) is 0 Å². The Morgan fingerprint density at radius 2 is 1.78 bits per heavy atom. The van der Waals surface area contributed by atoms with Gasteiger partial charge in [-0.25, -0.2) is 9.59 Å². The van der Waals surface area contributed by atoms with Crippen molar-refractivity contribution in [3.8, 4) is 11.5 Å². The molecule has 7 nitrogen and oxygen atoms in total. The van der Waals surface area contributed by atoms with Crippen LogP contribution in [0, 0.1) is 17.3 Å². The van der Waals surface area contributed by atoms with Gasteiger partial charge in [-0.1, -0.05) is 32.4 Å². The summed E-state index contributed by atoms with van der Waals surface area (Å²) in [6.07, 6.45) is 4.13. The summed E-state index contributed by atoms with van der Waals surface area (Å²) in [5.41, 5.74) is 0.0915. The summed E-state index contributed by atoms with van der Waals surface area (Å²) in [7, 11) is 3.04. The topological polar surface area (TPSA) is 91.3 Å². The van der Waals surface area contributed by atoms with Gasteiger partial charge in [0.15, 0.2) is 11.5 Å². The van der Waals surface area contributed by atoms with Crippen molar-refractivity contribution in [1.82, 2.24) is 0 Å². The molecular formula is C29H40O7. The summed E-state index contributed by atoms with van der Waals surface area (Å²) in [6.45, 7) is 11.5. The number of rotatable bonds is 7. The molecule has 0 spiro atoms. The monoisotopic (exact) mass is 500 g/mol. The van der Waals surface area contributed by atoms with E-state index in [1.165, 1.54) is 14.2 Å². The van der Waals surface area contributed by atoms with E-state index in [0.29, 0.717) is 41.9 Å². The predicted octanol–water partition coefficient (Wildman–Crippen LogP) is 5.26. The smallest absolute Gasteiger partial charge is 0.338 e. The Hall–Kier alpha value is -2.80. The predicted molar refractivity (Wildman–Crippen MR) is 137 cm³/mol. The Morgan fingerprint density at radius 1 is 1.11 bits per heavy atom. The van der Waals surface area contributed by atoms with Gasteiger partial charge in [-0.2, -0.15) is 0 Å². The van der Waals surface area contributed by atoms with Crippen molar-refractivity contribution < 1.29 is 33.6 Å². The van der Waals surface area contributed by atoms with Crippen LogP contribution in [0.15, 0.2) is 41.5 Å². The van der Waals surface area contributed by atoms with E-state index >= 15 is 0 Å². The van der Waals surface area contributed by atoms with Crippen LogP contribution in [0.4, 0.5) is 0 Å². The average molecular weight is 501 g/mol. The molecule has 1 N–H and O–H groups in total. The van der Waals surface area contributed by atoms with Crippen LogP contribution >= 0.6 is 0 Å². The quantitative estimate of drug-likeness (QED) is 0.310. The van der Waals surface area contributed by atoms with Gasteiger partial charge in [0, 0.05) is 23.3 Å². The molecule has 1 aromatic carbocycles. The van der Waals surface area contributed by atoms with E-state index in [0.717, 1.165) is 5.57 Å².